The number of hydrogen-bond donors (Lipinski definition) is 1. The van der Waals surface area contributed by atoms with Gasteiger partial charge in [-0.15, -0.1) is 29.9 Å². The molecule has 1 amide bonds. The van der Waals surface area contributed by atoms with Gasteiger partial charge in [0.2, 0.25) is 0 Å². The number of aromatic nitrogens is 3. The summed E-state index contributed by atoms with van der Waals surface area (Å²) < 4.78 is 1.99. The minimum atomic E-state index is 0. The zero-order chi connectivity index (χ0) is 17.4. The van der Waals surface area contributed by atoms with Crippen LogP contribution >= 0.6 is 24.8 Å². The first kappa shape index (κ1) is 22.4. The molecule has 7 nitrogen and oxygen atoms in total. The Hall–Kier alpha value is -0.890. The van der Waals surface area contributed by atoms with E-state index in [2.05, 4.69) is 32.4 Å². The molecular weight excluding hydrogens is 387 g/mol. The molecule has 1 N–H and O–H groups in total. The number of carbonyl (C=O) groups is 1. The van der Waals surface area contributed by atoms with E-state index in [4.69, 9.17) is 0 Å². The van der Waals surface area contributed by atoms with E-state index in [0.29, 0.717) is 23.8 Å². The third-order valence-corrected chi connectivity index (χ3v) is 6.33. The predicted octanol–water partition coefficient (Wildman–Crippen LogP) is 2.05. The molecule has 2 unspecified atom stereocenters. The average molecular weight is 419 g/mol. The first-order valence-corrected chi connectivity index (χ1v) is 9.86. The van der Waals surface area contributed by atoms with Crippen molar-refractivity contribution < 1.29 is 4.79 Å². The number of nitrogens with one attached hydrogen (secondary N) is 1. The molecule has 4 rings (SSSR count). The van der Waals surface area contributed by atoms with Crippen LogP contribution in [-0.4, -0.2) is 75.5 Å². The highest BCUT2D eigenvalue weighted by atomic mass is 35.5. The van der Waals surface area contributed by atoms with Crippen LogP contribution in [0.1, 0.15) is 61.3 Å². The first-order valence-electron chi connectivity index (χ1n) is 9.86. The molecule has 3 aliphatic heterocycles. The second kappa shape index (κ2) is 9.54. The fourth-order valence-electron chi connectivity index (χ4n) is 4.82. The van der Waals surface area contributed by atoms with Gasteiger partial charge in [-0.3, -0.25) is 4.79 Å². The number of carbonyl (C=O) groups excluding carboxylic acids is 1. The summed E-state index contributed by atoms with van der Waals surface area (Å²) in [7, 11) is 0. The zero-order valence-corrected chi connectivity index (χ0v) is 17.9. The van der Waals surface area contributed by atoms with Crippen LogP contribution in [0.4, 0.5) is 0 Å². The smallest absolute Gasteiger partial charge is 0.276 e. The maximum absolute atomic E-state index is 13.3. The number of likely N-dealkylation sites (tertiary alicyclic amines) is 1. The molecule has 0 radical (unpaired) electrons. The van der Waals surface area contributed by atoms with Gasteiger partial charge in [0.15, 0.2) is 5.69 Å². The van der Waals surface area contributed by atoms with E-state index in [0.717, 1.165) is 70.5 Å². The van der Waals surface area contributed by atoms with Crippen molar-refractivity contribution in [2.75, 3.05) is 32.7 Å². The van der Waals surface area contributed by atoms with Gasteiger partial charge < -0.3 is 15.1 Å². The molecule has 3 aliphatic rings. The molecule has 0 aromatic carbocycles. The summed E-state index contributed by atoms with van der Waals surface area (Å²) in [5, 5.41) is 12.1. The summed E-state index contributed by atoms with van der Waals surface area (Å²) in [4.78, 5) is 17.9. The third kappa shape index (κ3) is 4.26. The van der Waals surface area contributed by atoms with Crippen LogP contribution in [0.5, 0.6) is 0 Å². The summed E-state index contributed by atoms with van der Waals surface area (Å²) >= 11 is 0. The van der Waals surface area contributed by atoms with Crippen LogP contribution < -0.4 is 5.32 Å². The molecular formula is C18H32Cl2N6O. The lowest BCUT2D eigenvalue weighted by Gasteiger charge is -2.28. The van der Waals surface area contributed by atoms with Gasteiger partial charge in [0.1, 0.15) is 0 Å². The normalized spacial score (nSPS) is 26.2. The van der Waals surface area contributed by atoms with Crippen LogP contribution in [0.15, 0.2) is 0 Å². The van der Waals surface area contributed by atoms with Crippen LogP contribution in [0.2, 0.25) is 0 Å². The molecule has 0 saturated carbocycles. The van der Waals surface area contributed by atoms with E-state index in [1.807, 2.05) is 11.6 Å². The molecule has 27 heavy (non-hydrogen) atoms. The Balaban J connectivity index is 0.00000131. The number of amides is 1. The van der Waals surface area contributed by atoms with Crippen LogP contribution in [0, 0.1) is 6.92 Å². The summed E-state index contributed by atoms with van der Waals surface area (Å²) in [6.45, 7) is 9.40. The van der Waals surface area contributed by atoms with E-state index in [9.17, 15) is 4.79 Å². The van der Waals surface area contributed by atoms with Crippen molar-refractivity contribution in [3.8, 4) is 0 Å². The summed E-state index contributed by atoms with van der Waals surface area (Å²) in [6, 6.07) is 1.08. The highest BCUT2D eigenvalue weighted by molar-refractivity contribution is 5.94. The number of halogens is 2. The molecule has 0 spiro atoms. The van der Waals surface area contributed by atoms with Crippen LogP contribution in [0.25, 0.3) is 0 Å². The summed E-state index contributed by atoms with van der Waals surface area (Å²) in [6.07, 6.45) is 5.44. The maximum Gasteiger partial charge on any atom is 0.276 e. The molecule has 3 saturated heterocycles. The molecule has 0 aliphatic carbocycles. The Labute approximate surface area is 174 Å². The number of nitrogens with zero attached hydrogens (tertiary/aromatic N) is 5. The van der Waals surface area contributed by atoms with Crippen molar-refractivity contribution in [3.63, 3.8) is 0 Å². The number of piperidine rings is 1. The highest BCUT2D eigenvalue weighted by Crippen LogP contribution is 2.32. The van der Waals surface area contributed by atoms with Crippen LogP contribution in [-0.2, 0) is 0 Å². The minimum absolute atomic E-state index is 0. The van der Waals surface area contributed by atoms with E-state index in [1.54, 1.807) is 0 Å². The number of rotatable bonds is 3. The minimum Gasteiger partial charge on any atom is -0.330 e. The standard InChI is InChI=1S/C18H30N6O.2ClH/c1-3-22-11-8-14-4-5-16(12-22)23(14)18(25)17-13(2)24(21-20-17)15-6-9-19-10-7-15;;/h14-16,19H,3-12H2,1-2H3;2*1H. The SMILES string of the molecule is CCN1CCC2CCC(C1)N2C(=O)c1nnn(C2CCNCC2)c1C.Cl.Cl. The molecule has 2 bridgehead atoms. The van der Waals surface area contributed by atoms with Gasteiger partial charge in [0, 0.05) is 25.2 Å². The third-order valence-electron chi connectivity index (χ3n) is 6.33. The lowest BCUT2D eigenvalue weighted by Crippen LogP contribution is -2.43. The van der Waals surface area contributed by atoms with Crippen molar-refractivity contribution in [1.82, 2.24) is 30.1 Å². The molecule has 1 aromatic heterocycles. The van der Waals surface area contributed by atoms with Crippen LogP contribution in [0.3, 0.4) is 0 Å². The summed E-state index contributed by atoms with van der Waals surface area (Å²) in [5.41, 5.74) is 1.51. The molecule has 4 heterocycles. The molecule has 2 atom stereocenters. The molecule has 3 fully saturated rings. The van der Waals surface area contributed by atoms with Crippen molar-refractivity contribution in [2.45, 2.75) is 64.1 Å². The Kier molecular flexibility index (Phi) is 7.92. The van der Waals surface area contributed by atoms with E-state index < -0.39 is 0 Å². The lowest BCUT2D eigenvalue weighted by atomic mass is 10.1. The summed E-state index contributed by atoms with van der Waals surface area (Å²) in [5.74, 6) is 0.100. The van der Waals surface area contributed by atoms with Crippen molar-refractivity contribution in [2.24, 2.45) is 0 Å². The van der Waals surface area contributed by atoms with E-state index in [-0.39, 0.29) is 30.7 Å². The molecule has 154 valence electrons. The van der Waals surface area contributed by atoms with Crippen molar-refractivity contribution in [1.29, 1.82) is 0 Å². The monoisotopic (exact) mass is 418 g/mol. The van der Waals surface area contributed by atoms with Gasteiger partial charge in [-0.05, 0) is 58.7 Å². The largest absolute Gasteiger partial charge is 0.330 e. The van der Waals surface area contributed by atoms with Gasteiger partial charge in [-0.2, -0.15) is 0 Å². The number of hydrogen-bond acceptors (Lipinski definition) is 5. The lowest BCUT2D eigenvalue weighted by molar-refractivity contribution is 0.0664. The average Bonchev–Trinajstić information content (AvgIpc) is 3.15. The van der Waals surface area contributed by atoms with Gasteiger partial charge in [-0.25, -0.2) is 4.68 Å². The van der Waals surface area contributed by atoms with Crippen molar-refractivity contribution in [3.05, 3.63) is 11.4 Å². The molecule has 9 heteroatoms. The highest BCUT2D eigenvalue weighted by Gasteiger charge is 2.41. The van der Waals surface area contributed by atoms with E-state index in [1.165, 1.54) is 0 Å². The van der Waals surface area contributed by atoms with E-state index >= 15 is 0 Å². The topological polar surface area (TPSA) is 66.3 Å². The number of fused-ring (bicyclic) bond motifs is 2. The Morgan fingerprint density at radius 3 is 2.48 bits per heavy atom. The van der Waals surface area contributed by atoms with Crippen molar-refractivity contribution >= 4 is 30.7 Å². The fourth-order valence-corrected chi connectivity index (χ4v) is 4.82. The Morgan fingerprint density at radius 2 is 1.78 bits per heavy atom. The number of likely N-dealkylation sites (N-methyl/N-ethyl adjacent to an activating group) is 1. The first-order chi connectivity index (χ1) is 12.2. The maximum atomic E-state index is 13.3. The Bertz CT molecular complexity index is 633. The van der Waals surface area contributed by atoms with Gasteiger partial charge in [0.05, 0.1) is 11.7 Å². The van der Waals surface area contributed by atoms with Gasteiger partial charge in [-0.1, -0.05) is 12.1 Å². The second-order valence-corrected chi connectivity index (χ2v) is 7.73. The quantitative estimate of drug-likeness (QED) is 0.813. The molecule has 1 aromatic rings. The van der Waals surface area contributed by atoms with Gasteiger partial charge in [0.25, 0.3) is 5.91 Å². The second-order valence-electron chi connectivity index (χ2n) is 7.73. The Morgan fingerprint density at radius 1 is 1.07 bits per heavy atom. The fraction of sp³-hybridized carbons (Fsp3) is 0.833. The zero-order valence-electron chi connectivity index (χ0n) is 16.3. The predicted molar refractivity (Wildman–Crippen MR) is 110 cm³/mol. The van der Waals surface area contributed by atoms with Gasteiger partial charge >= 0.3 is 0 Å².